The van der Waals surface area contributed by atoms with E-state index in [2.05, 4.69) is 16.7 Å². The standard InChI is InChI=1S/C18H30N2O4/c1-5-6-19-7-9-20(10-8-19)15(13-21)14-11-17(23-3)18(24-4)12-16(14)22-2/h11-12,15,21H,5-10,13H2,1-4H3. The first-order valence-electron chi connectivity index (χ1n) is 8.55. The highest BCUT2D eigenvalue weighted by atomic mass is 16.5. The molecule has 1 N–H and O–H groups in total. The fourth-order valence-electron chi connectivity index (χ4n) is 3.34. The van der Waals surface area contributed by atoms with Crippen LogP contribution in [-0.4, -0.2) is 75.6 Å². The van der Waals surface area contributed by atoms with Crippen molar-refractivity contribution in [1.29, 1.82) is 0 Å². The van der Waals surface area contributed by atoms with E-state index in [1.165, 1.54) is 6.42 Å². The molecule has 0 aromatic heterocycles. The summed E-state index contributed by atoms with van der Waals surface area (Å²) < 4.78 is 16.3. The number of aliphatic hydroxyl groups is 1. The topological polar surface area (TPSA) is 54.4 Å². The number of hydrogen-bond donors (Lipinski definition) is 1. The highest BCUT2D eigenvalue weighted by Crippen LogP contribution is 2.39. The predicted molar refractivity (Wildman–Crippen MR) is 94.2 cm³/mol. The normalized spacial score (nSPS) is 17.5. The van der Waals surface area contributed by atoms with E-state index < -0.39 is 0 Å². The van der Waals surface area contributed by atoms with Crippen LogP contribution in [0.2, 0.25) is 0 Å². The zero-order valence-corrected chi connectivity index (χ0v) is 15.2. The fourth-order valence-corrected chi connectivity index (χ4v) is 3.34. The quantitative estimate of drug-likeness (QED) is 0.780. The Bertz CT molecular complexity index is 516. The van der Waals surface area contributed by atoms with Crippen LogP contribution in [0, 0.1) is 0 Å². The molecule has 1 aliphatic heterocycles. The van der Waals surface area contributed by atoms with Crippen LogP contribution >= 0.6 is 0 Å². The van der Waals surface area contributed by atoms with Crippen molar-refractivity contribution >= 4 is 0 Å². The molecule has 0 radical (unpaired) electrons. The van der Waals surface area contributed by atoms with Gasteiger partial charge in [0.25, 0.3) is 0 Å². The SMILES string of the molecule is CCCN1CCN(C(CO)c2cc(OC)c(OC)cc2OC)CC1. The van der Waals surface area contributed by atoms with Crippen molar-refractivity contribution in [3.63, 3.8) is 0 Å². The number of piperazine rings is 1. The molecule has 1 heterocycles. The average Bonchev–Trinajstić information content (AvgIpc) is 2.63. The first-order chi connectivity index (χ1) is 11.7. The van der Waals surface area contributed by atoms with Gasteiger partial charge in [-0.2, -0.15) is 0 Å². The summed E-state index contributed by atoms with van der Waals surface area (Å²) in [5.74, 6) is 1.99. The molecule has 0 saturated carbocycles. The molecule has 2 rings (SSSR count). The molecule has 1 atom stereocenters. The van der Waals surface area contributed by atoms with Gasteiger partial charge >= 0.3 is 0 Å². The molecule has 0 aliphatic carbocycles. The lowest BCUT2D eigenvalue weighted by Crippen LogP contribution is -2.48. The summed E-state index contributed by atoms with van der Waals surface area (Å²) in [5.41, 5.74) is 0.932. The van der Waals surface area contributed by atoms with E-state index in [9.17, 15) is 5.11 Å². The minimum Gasteiger partial charge on any atom is -0.496 e. The van der Waals surface area contributed by atoms with Gasteiger partial charge < -0.3 is 24.2 Å². The Hall–Kier alpha value is -1.50. The third kappa shape index (κ3) is 4.12. The summed E-state index contributed by atoms with van der Waals surface area (Å²) in [4.78, 5) is 4.78. The molecule has 0 spiro atoms. The molecule has 0 bridgehead atoms. The van der Waals surface area contributed by atoms with E-state index in [1.54, 1.807) is 21.3 Å². The number of nitrogens with zero attached hydrogens (tertiary/aromatic N) is 2. The Balaban J connectivity index is 2.23. The van der Waals surface area contributed by atoms with E-state index in [0.717, 1.165) is 38.3 Å². The van der Waals surface area contributed by atoms with Crippen molar-refractivity contribution in [2.75, 3.05) is 60.7 Å². The highest BCUT2D eigenvalue weighted by Gasteiger charge is 2.27. The van der Waals surface area contributed by atoms with Gasteiger partial charge in [-0.1, -0.05) is 6.92 Å². The van der Waals surface area contributed by atoms with Gasteiger partial charge in [-0.15, -0.1) is 0 Å². The van der Waals surface area contributed by atoms with E-state index in [-0.39, 0.29) is 12.6 Å². The molecule has 6 heteroatoms. The molecule has 1 fully saturated rings. The third-order valence-corrected chi connectivity index (χ3v) is 4.66. The Morgan fingerprint density at radius 3 is 2.04 bits per heavy atom. The molecule has 1 aromatic rings. The largest absolute Gasteiger partial charge is 0.496 e. The van der Waals surface area contributed by atoms with Crippen LogP contribution in [0.3, 0.4) is 0 Å². The first kappa shape index (κ1) is 18.8. The van der Waals surface area contributed by atoms with Crippen molar-refractivity contribution in [1.82, 2.24) is 9.80 Å². The number of rotatable bonds is 8. The molecule has 6 nitrogen and oxygen atoms in total. The Kier molecular flexibility index (Phi) is 7.15. The second-order valence-electron chi connectivity index (χ2n) is 6.03. The molecular weight excluding hydrogens is 308 g/mol. The molecule has 0 amide bonds. The molecule has 136 valence electrons. The summed E-state index contributed by atoms with van der Waals surface area (Å²) in [6.07, 6.45) is 1.17. The average molecular weight is 338 g/mol. The van der Waals surface area contributed by atoms with Gasteiger partial charge in [-0.3, -0.25) is 4.90 Å². The van der Waals surface area contributed by atoms with Gasteiger partial charge in [0.2, 0.25) is 0 Å². The predicted octanol–water partition coefficient (Wildman–Crippen LogP) is 1.77. The summed E-state index contributed by atoms with van der Waals surface area (Å²) >= 11 is 0. The maximum Gasteiger partial charge on any atom is 0.164 e. The van der Waals surface area contributed by atoms with Crippen molar-refractivity contribution in [3.05, 3.63) is 17.7 Å². The molecule has 1 aromatic carbocycles. The van der Waals surface area contributed by atoms with Crippen molar-refractivity contribution in [2.45, 2.75) is 19.4 Å². The summed E-state index contributed by atoms with van der Waals surface area (Å²) in [5, 5.41) is 10.0. The number of aliphatic hydroxyl groups excluding tert-OH is 1. The number of ether oxygens (including phenoxy) is 3. The minimum absolute atomic E-state index is 0.0413. The Morgan fingerprint density at radius 1 is 0.958 bits per heavy atom. The van der Waals surface area contributed by atoms with Crippen molar-refractivity contribution in [2.24, 2.45) is 0 Å². The number of benzene rings is 1. The van der Waals surface area contributed by atoms with Gasteiger partial charge in [0.05, 0.1) is 34.0 Å². The third-order valence-electron chi connectivity index (χ3n) is 4.66. The van der Waals surface area contributed by atoms with Gasteiger partial charge in [-0.25, -0.2) is 0 Å². The lowest BCUT2D eigenvalue weighted by Gasteiger charge is -2.39. The lowest BCUT2D eigenvalue weighted by molar-refractivity contribution is 0.0638. The lowest BCUT2D eigenvalue weighted by atomic mass is 10.0. The molecule has 1 aliphatic rings. The summed E-state index contributed by atoms with van der Waals surface area (Å²) in [6.45, 7) is 7.31. The van der Waals surface area contributed by atoms with Crippen molar-refractivity contribution in [3.8, 4) is 17.2 Å². The van der Waals surface area contributed by atoms with E-state index in [1.807, 2.05) is 12.1 Å². The minimum atomic E-state index is -0.108. The van der Waals surface area contributed by atoms with Crippen molar-refractivity contribution < 1.29 is 19.3 Å². The maximum absolute atomic E-state index is 10.0. The van der Waals surface area contributed by atoms with E-state index in [0.29, 0.717) is 17.2 Å². The summed E-state index contributed by atoms with van der Waals surface area (Å²) in [7, 11) is 4.86. The van der Waals surface area contributed by atoms with Crippen LogP contribution < -0.4 is 14.2 Å². The molecule has 24 heavy (non-hydrogen) atoms. The van der Waals surface area contributed by atoms with Gasteiger partial charge in [0.1, 0.15) is 5.75 Å². The number of methoxy groups -OCH3 is 3. The summed E-state index contributed by atoms with van der Waals surface area (Å²) in [6, 6.07) is 3.63. The Morgan fingerprint density at radius 2 is 1.54 bits per heavy atom. The second kappa shape index (κ2) is 9.11. The second-order valence-corrected chi connectivity index (χ2v) is 6.03. The van der Waals surface area contributed by atoms with Crippen LogP contribution in [0.4, 0.5) is 0 Å². The first-order valence-corrected chi connectivity index (χ1v) is 8.55. The monoisotopic (exact) mass is 338 g/mol. The van der Waals surface area contributed by atoms with Crippen LogP contribution in [0.15, 0.2) is 12.1 Å². The van der Waals surface area contributed by atoms with Gasteiger partial charge in [-0.05, 0) is 19.0 Å². The molecule has 1 saturated heterocycles. The molecule has 1 unspecified atom stereocenters. The smallest absolute Gasteiger partial charge is 0.164 e. The van der Waals surface area contributed by atoms with E-state index >= 15 is 0 Å². The number of hydrogen-bond acceptors (Lipinski definition) is 6. The highest BCUT2D eigenvalue weighted by molar-refractivity contribution is 5.52. The zero-order chi connectivity index (χ0) is 17.5. The Labute approximate surface area is 144 Å². The van der Waals surface area contributed by atoms with Gasteiger partial charge in [0, 0.05) is 37.8 Å². The zero-order valence-electron chi connectivity index (χ0n) is 15.2. The fraction of sp³-hybridized carbons (Fsp3) is 0.667. The van der Waals surface area contributed by atoms with E-state index in [4.69, 9.17) is 14.2 Å². The van der Waals surface area contributed by atoms with Crippen LogP contribution in [0.25, 0.3) is 0 Å². The van der Waals surface area contributed by atoms with Crippen LogP contribution in [-0.2, 0) is 0 Å². The van der Waals surface area contributed by atoms with Crippen LogP contribution in [0.5, 0.6) is 17.2 Å². The van der Waals surface area contributed by atoms with Crippen LogP contribution in [0.1, 0.15) is 24.9 Å². The maximum atomic E-state index is 10.0. The molecular formula is C18H30N2O4. The van der Waals surface area contributed by atoms with Gasteiger partial charge in [0.15, 0.2) is 11.5 Å².